The van der Waals surface area contributed by atoms with Crippen LogP contribution in [0.2, 0.25) is 0 Å². The molecule has 0 saturated heterocycles. The van der Waals surface area contributed by atoms with Gasteiger partial charge in [-0.1, -0.05) is 6.07 Å². The van der Waals surface area contributed by atoms with Crippen LogP contribution in [0.15, 0.2) is 29.2 Å². The summed E-state index contributed by atoms with van der Waals surface area (Å²) >= 11 is 1.62. The molecule has 0 spiro atoms. The van der Waals surface area contributed by atoms with Crippen LogP contribution in [-0.2, 0) is 0 Å². The van der Waals surface area contributed by atoms with Crippen LogP contribution in [0.3, 0.4) is 0 Å². The number of urea groups is 1. The Balaban J connectivity index is 2.52. The molecule has 4 nitrogen and oxygen atoms in total. The van der Waals surface area contributed by atoms with Crippen LogP contribution in [0.5, 0.6) is 0 Å². The number of aliphatic hydroxyl groups excluding tert-OH is 1. The van der Waals surface area contributed by atoms with Crippen molar-refractivity contribution in [1.29, 1.82) is 0 Å². The summed E-state index contributed by atoms with van der Waals surface area (Å²) in [4.78, 5) is 12.3. The van der Waals surface area contributed by atoms with Gasteiger partial charge in [0.1, 0.15) is 0 Å². The number of benzene rings is 1. The Labute approximate surface area is 93.1 Å². The van der Waals surface area contributed by atoms with Crippen molar-refractivity contribution in [2.24, 2.45) is 0 Å². The molecule has 5 heteroatoms. The molecule has 0 fully saturated rings. The summed E-state index contributed by atoms with van der Waals surface area (Å²) in [6.45, 7) is 0.201. The lowest BCUT2D eigenvalue weighted by molar-refractivity contribution is 0.245. The van der Waals surface area contributed by atoms with E-state index in [4.69, 9.17) is 5.11 Å². The maximum Gasteiger partial charge on any atom is 0.319 e. The molecule has 2 amide bonds. The van der Waals surface area contributed by atoms with E-state index < -0.39 is 0 Å². The van der Waals surface area contributed by atoms with Gasteiger partial charge in [-0.2, -0.15) is 0 Å². The van der Waals surface area contributed by atoms with E-state index in [-0.39, 0.29) is 19.2 Å². The topological polar surface area (TPSA) is 61.4 Å². The van der Waals surface area contributed by atoms with Crippen LogP contribution in [0.4, 0.5) is 10.5 Å². The summed E-state index contributed by atoms with van der Waals surface area (Å²) in [7, 11) is 0. The summed E-state index contributed by atoms with van der Waals surface area (Å²) in [6, 6.07) is 7.26. The molecule has 0 bridgehead atoms. The molecule has 0 heterocycles. The highest BCUT2D eigenvalue weighted by atomic mass is 32.2. The molecule has 0 unspecified atom stereocenters. The molecule has 0 aliphatic rings. The quantitative estimate of drug-likeness (QED) is 0.682. The second-order valence-corrected chi connectivity index (χ2v) is 3.72. The first-order chi connectivity index (χ1) is 7.26. The fraction of sp³-hybridized carbons (Fsp3) is 0.300. The van der Waals surface area contributed by atoms with Gasteiger partial charge >= 0.3 is 6.03 Å². The third-order valence-electron chi connectivity index (χ3n) is 1.72. The largest absolute Gasteiger partial charge is 0.395 e. The Morgan fingerprint density at radius 1 is 1.53 bits per heavy atom. The first kappa shape index (κ1) is 11.9. The first-order valence-electron chi connectivity index (χ1n) is 4.56. The molecule has 82 valence electrons. The van der Waals surface area contributed by atoms with Crippen molar-refractivity contribution in [2.75, 3.05) is 24.7 Å². The summed E-state index contributed by atoms with van der Waals surface area (Å²) in [5, 5.41) is 13.7. The lowest BCUT2D eigenvalue weighted by Gasteiger charge is -2.07. The van der Waals surface area contributed by atoms with Gasteiger partial charge in [-0.15, -0.1) is 11.8 Å². The number of aliphatic hydroxyl groups is 1. The highest BCUT2D eigenvalue weighted by molar-refractivity contribution is 7.98. The summed E-state index contributed by atoms with van der Waals surface area (Å²) in [6.07, 6.45) is 1.98. The summed E-state index contributed by atoms with van der Waals surface area (Å²) in [5.74, 6) is 0. The number of carbonyl (C=O) groups excluding carboxylic acids is 1. The van der Waals surface area contributed by atoms with Gasteiger partial charge in [-0.05, 0) is 24.5 Å². The Kier molecular flexibility index (Phi) is 5.00. The second kappa shape index (κ2) is 6.31. The van der Waals surface area contributed by atoms with Gasteiger partial charge in [-0.25, -0.2) is 4.79 Å². The van der Waals surface area contributed by atoms with Crippen LogP contribution in [-0.4, -0.2) is 30.5 Å². The highest BCUT2D eigenvalue weighted by Crippen LogP contribution is 2.18. The Bertz CT molecular complexity index is 331. The van der Waals surface area contributed by atoms with E-state index in [9.17, 15) is 4.79 Å². The molecule has 1 aromatic rings. The minimum Gasteiger partial charge on any atom is -0.395 e. The number of nitrogens with one attached hydrogen (secondary N) is 2. The lowest BCUT2D eigenvalue weighted by Crippen LogP contribution is -2.30. The molecular formula is C10H14N2O2S. The average molecular weight is 226 g/mol. The number of anilines is 1. The number of carbonyl (C=O) groups is 1. The van der Waals surface area contributed by atoms with Crippen LogP contribution >= 0.6 is 11.8 Å². The number of hydrogen-bond donors (Lipinski definition) is 3. The number of hydrogen-bond acceptors (Lipinski definition) is 3. The van der Waals surface area contributed by atoms with E-state index in [0.29, 0.717) is 0 Å². The van der Waals surface area contributed by atoms with Crippen LogP contribution in [0, 0.1) is 0 Å². The zero-order valence-corrected chi connectivity index (χ0v) is 9.30. The molecule has 3 N–H and O–H groups in total. The Morgan fingerprint density at radius 2 is 2.33 bits per heavy atom. The lowest BCUT2D eigenvalue weighted by atomic mass is 10.3. The minimum absolute atomic E-state index is 0.0573. The van der Waals surface area contributed by atoms with Gasteiger partial charge < -0.3 is 15.7 Å². The third-order valence-corrected chi connectivity index (χ3v) is 2.45. The van der Waals surface area contributed by atoms with Gasteiger partial charge in [0.05, 0.1) is 6.61 Å². The van der Waals surface area contributed by atoms with E-state index in [1.165, 1.54) is 0 Å². The van der Waals surface area contributed by atoms with E-state index in [2.05, 4.69) is 10.6 Å². The number of amides is 2. The van der Waals surface area contributed by atoms with Crippen molar-refractivity contribution < 1.29 is 9.90 Å². The molecule has 1 aromatic carbocycles. The van der Waals surface area contributed by atoms with Crippen molar-refractivity contribution >= 4 is 23.5 Å². The second-order valence-electron chi connectivity index (χ2n) is 2.84. The molecule has 0 atom stereocenters. The normalized spacial score (nSPS) is 9.73. The number of thioether (sulfide) groups is 1. The summed E-state index contributed by atoms with van der Waals surface area (Å²) < 4.78 is 0. The fourth-order valence-electron chi connectivity index (χ4n) is 1.05. The van der Waals surface area contributed by atoms with Crippen LogP contribution in [0.1, 0.15) is 0 Å². The van der Waals surface area contributed by atoms with E-state index in [1.807, 2.05) is 30.5 Å². The third kappa shape index (κ3) is 4.22. The molecular weight excluding hydrogens is 212 g/mol. The molecule has 0 saturated carbocycles. The van der Waals surface area contributed by atoms with E-state index in [1.54, 1.807) is 11.8 Å². The SMILES string of the molecule is CSc1cccc(NC(=O)NCCO)c1. The molecule has 0 aromatic heterocycles. The van der Waals surface area contributed by atoms with Crippen LogP contribution < -0.4 is 10.6 Å². The maximum absolute atomic E-state index is 11.2. The predicted octanol–water partition coefficient (Wildman–Crippen LogP) is 1.52. The van der Waals surface area contributed by atoms with E-state index in [0.717, 1.165) is 10.6 Å². The standard InChI is InChI=1S/C10H14N2O2S/c1-15-9-4-2-3-8(7-9)12-10(14)11-5-6-13/h2-4,7,13H,5-6H2,1H3,(H2,11,12,14). The van der Waals surface area contributed by atoms with Gasteiger partial charge in [0.15, 0.2) is 0 Å². The van der Waals surface area contributed by atoms with E-state index >= 15 is 0 Å². The smallest absolute Gasteiger partial charge is 0.319 e. The highest BCUT2D eigenvalue weighted by Gasteiger charge is 2.00. The average Bonchev–Trinajstić information content (AvgIpc) is 2.26. The molecule has 0 radical (unpaired) electrons. The molecule has 0 aliphatic heterocycles. The monoisotopic (exact) mass is 226 g/mol. The molecule has 1 rings (SSSR count). The van der Waals surface area contributed by atoms with Gasteiger partial charge in [0.25, 0.3) is 0 Å². The molecule has 15 heavy (non-hydrogen) atoms. The van der Waals surface area contributed by atoms with Crippen molar-refractivity contribution in [3.63, 3.8) is 0 Å². The van der Waals surface area contributed by atoms with Gasteiger partial charge in [-0.3, -0.25) is 0 Å². The van der Waals surface area contributed by atoms with Crippen LogP contribution in [0.25, 0.3) is 0 Å². The minimum atomic E-state index is -0.303. The van der Waals surface area contributed by atoms with Gasteiger partial charge in [0.2, 0.25) is 0 Å². The Morgan fingerprint density at radius 3 is 3.00 bits per heavy atom. The maximum atomic E-state index is 11.2. The predicted molar refractivity (Wildman–Crippen MR) is 62.3 cm³/mol. The number of rotatable bonds is 4. The van der Waals surface area contributed by atoms with Crippen molar-refractivity contribution in [1.82, 2.24) is 5.32 Å². The fourth-order valence-corrected chi connectivity index (χ4v) is 1.51. The van der Waals surface area contributed by atoms with Crippen molar-refractivity contribution in [3.05, 3.63) is 24.3 Å². The zero-order valence-electron chi connectivity index (χ0n) is 8.49. The zero-order chi connectivity index (χ0) is 11.1. The van der Waals surface area contributed by atoms with Crippen molar-refractivity contribution in [3.8, 4) is 0 Å². The van der Waals surface area contributed by atoms with Crippen molar-refractivity contribution in [2.45, 2.75) is 4.90 Å². The Hall–Kier alpha value is -1.20. The van der Waals surface area contributed by atoms with Gasteiger partial charge in [0, 0.05) is 17.1 Å². The summed E-state index contributed by atoms with van der Waals surface area (Å²) in [5.41, 5.74) is 0.747. The first-order valence-corrected chi connectivity index (χ1v) is 5.78. The molecule has 0 aliphatic carbocycles.